The summed E-state index contributed by atoms with van der Waals surface area (Å²) in [7, 11) is 0. The average molecular weight is 609 g/mol. The van der Waals surface area contributed by atoms with E-state index in [9.17, 15) is 9.59 Å². The van der Waals surface area contributed by atoms with Crippen LogP contribution < -0.4 is 11.0 Å². The van der Waals surface area contributed by atoms with Crippen molar-refractivity contribution in [3.8, 4) is 11.1 Å². The maximum absolute atomic E-state index is 14.5. The highest BCUT2D eigenvalue weighted by molar-refractivity contribution is 6.16. The van der Waals surface area contributed by atoms with Gasteiger partial charge in [0.2, 0.25) is 11.7 Å². The van der Waals surface area contributed by atoms with Crippen molar-refractivity contribution in [2.45, 2.75) is 89.4 Å². The lowest BCUT2D eigenvalue weighted by Crippen LogP contribution is -2.35. The Balaban J connectivity index is 1.22. The molecule has 2 aromatic heterocycles. The van der Waals surface area contributed by atoms with E-state index in [1.807, 2.05) is 27.3 Å². The molecule has 234 valence electrons. The second kappa shape index (κ2) is 13.1. The van der Waals surface area contributed by atoms with Gasteiger partial charge in [0.05, 0.1) is 36.6 Å². The lowest BCUT2D eigenvalue weighted by atomic mass is 9.91. The van der Waals surface area contributed by atoms with E-state index in [1.54, 1.807) is 6.33 Å². The number of fused-ring (bicyclic) bond motifs is 1. The lowest BCUT2D eigenvalue weighted by molar-refractivity contribution is -0.119. The summed E-state index contributed by atoms with van der Waals surface area (Å²) >= 11 is 0. The number of nitrogens with one attached hydrogen (secondary N) is 1. The Morgan fingerprint density at radius 2 is 1.87 bits per heavy atom. The van der Waals surface area contributed by atoms with Crippen LogP contribution >= 0.6 is 0 Å². The van der Waals surface area contributed by atoms with Crippen LogP contribution in [-0.2, 0) is 27.1 Å². The fourth-order valence-corrected chi connectivity index (χ4v) is 7.10. The van der Waals surface area contributed by atoms with Crippen molar-refractivity contribution in [1.29, 1.82) is 0 Å². The number of carbonyl (C=O) groups is 1. The first kappa shape index (κ1) is 29.6. The summed E-state index contributed by atoms with van der Waals surface area (Å²) in [6.07, 6.45) is 9.90. The van der Waals surface area contributed by atoms with Crippen molar-refractivity contribution in [3.05, 3.63) is 87.6 Å². The third-order valence-corrected chi connectivity index (χ3v) is 9.37. The molecule has 2 aliphatic heterocycles. The lowest BCUT2D eigenvalue weighted by Gasteiger charge is -2.31. The molecule has 1 unspecified atom stereocenters. The molecule has 45 heavy (non-hydrogen) atoms. The third-order valence-electron chi connectivity index (χ3n) is 9.37. The SMILES string of the molecule is CCCc1c(Cc2ccc(-c3ccccc3)c(C3=NNC(=O)C3)c2)c(=O)n(C2CCC(OCC3CCCO3)CC2)c2ncnn12. The van der Waals surface area contributed by atoms with Gasteiger partial charge in [0.25, 0.3) is 5.56 Å². The van der Waals surface area contributed by atoms with Crippen molar-refractivity contribution in [2.24, 2.45) is 5.10 Å². The number of benzene rings is 2. The van der Waals surface area contributed by atoms with Gasteiger partial charge in [-0.3, -0.25) is 14.2 Å². The highest BCUT2D eigenvalue weighted by Crippen LogP contribution is 2.32. The number of ether oxygens (including phenoxy) is 2. The van der Waals surface area contributed by atoms with Gasteiger partial charge >= 0.3 is 0 Å². The van der Waals surface area contributed by atoms with Gasteiger partial charge in [-0.2, -0.15) is 15.2 Å². The zero-order valence-electron chi connectivity index (χ0n) is 25.8. The number of amides is 1. The molecule has 10 nitrogen and oxygen atoms in total. The fraction of sp³-hybridized carbons (Fsp3) is 0.457. The molecule has 4 aromatic rings. The number of aromatic nitrogens is 4. The van der Waals surface area contributed by atoms with Crippen molar-refractivity contribution >= 4 is 17.4 Å². The Morgan fingerprint density at radius 1 is 1.02 bits per heavy atom. The summed E-state index contributed by atoms with van der Waals surface area (Å²) in [6.45, 7) is 3.60. The zero-order chi connectivity index (χ0) is 30.8. The summed E-state index contributed by atoms with van der Waals surface area (Å²) in [5.74, 6) is 0.493. The van der Waals surface area contributed by atoms with Crippen molar-refractivity contribution in [3.63, 3.8) is 0 Å². The molecule has 4 heterocycles. The van der Waals surface area contributed by atoms with Crippen LogP contribution in [-0.4, -0.2) is 56.2 Å². The van der Waals surface area contributed by atoms with Gasteiger partial charge in [0.15, 0.2) is 0 Å². The Bertz CT molecular complexity index is 1760. The maximum atomic E-state index is 14.5. The Morgan fingerprint density at radius 3 is 2.60 bits per heavy atom. The number of aryl methyl sites for hydroxylation is 1. The molecule has 2 fully saturated rings. The molecule has 0 radical (unpaired) electrons. The van der Waals surface area contributed by atoms with Gasteiger partial charge < -0.3 is 9.47 Å². The minimum absolute atomic E-state index is 0.00594. The van der Waals surface area contributed by atoms with E-state index < -0.39 is 0 Å². The quantitative estimate of drug-likeness (QED) is 0.271. The molecule has 10 heteroatoms. The van der Waals surface area contributed by atoms with Gasteiger partial charge in [-0.1, -0.05) is 55.8 Å². The Hall–Kier alpha value is -4.15. The van der Waals surface area contributed by atoms with Crippen LogP contribution in [0.1, 0.15) is 86.7 Å². The standard InChI is InChI=1S/C35H40N6O4/c1-2-7-32-30(19-23-11-16-28(24-8-4-3-5-9-24)29(18-23)31-20-33(42)39-38-31)34(43)40(35-36-22-37-41(32)35)25-12-14-26(15-13-25)45-21-27-10-6-17-44-27/h3-5,8-9,11,16,18,22,25-27H,2,6-7,10,12-15,17,19-21H2,1H3,(H,39,42). The van der Waals surface area contributed by atoms with Crippen molar-refractivity contribution in [1.82, 2.24) is 24.6 Å². The first-order chi connectivity index (χ1) is 22.1. The Kier molecular flexibility index (Phi) is 8.58. The molecule has 1 atom stereocenters. The molecule has 0 bridgehead atoms. The van der Waals surface area contributed by atoms with E-state index in [2.05, 4.69) is 57.9 Å². The summed E-state index contributed by atoms with van der Waals surface area (Å²) in [4.78, 5) is 31.2. The highest BCUT2D eigenvalue weighted by Gasteiger charge is 2.29. The second-order valence-electron chi connectivity index (χ2n) is 12.4. The van der Waals surface area contributed by atoms with E-state index in [-0.39, 0.29) is 36.1 Å². The fourth-order valence-electron chi connectivity index (χ4n) is 7.10. The van der Waals surface area contributed by atoms with Gasteiger partial charge in [-0.05, 0) is 67.7 Å². The largest absolute Gasteiger partial charge is 0.376 e. The van der Waals surface area contributed by atoms with Crippen LogP contribution in [0.4, 0.5) is 0 Å². The van der Waals surface area contributed by atoms with E-state index in [0.717, 1.165) is 91.5 Å². The molecule has 3 aliphatic rings. The summed E-state index contributed by atoms with van der Waals surface area (Å²) in [5.41, 5.74) is 8.90. The van der Waals surface area contributed by atoms with Crippen molar-refractivity contribution < 1.29 is 14.3 Å². The first-order valence-electron chi connectivity index (χ1n) is 16.3. The minimum Gasteiger partial charge on any atom is -0.376 e. The number of hydrogen-bond donors (Lipinski definition) is 1. The van der Waals surface area contributed by atoms with Crippen LogP contribution in [0.25, 0.3) is 16.9 Å². The van der Waals surface area contributed by atoms with Crippen molar-refractivity contribution in [2.75, 3.05) is 13.2 Å². The smallest absolute Gasteiger partial charge is 0.259 e. The van der Waals surface area contributed by atoms with Gasteiger partial charge in [-0.25, -0.2) is 9.94 Å². The topological polar surface area (TPSA) is 112 Å². The number of hydrogen-bond acceptors (Lipinski definition) is 7. The number of rotatable bonds is 10. The molecule has 7 rings (SSSR count). The van der Waals surface area contributed by atoms with Gasteiger partial charge in [-0.15, -0.1) is 0 Å². The molecule has 1 amide bonds. The number of carbonyl (C=O) groups excluding carboxylic acids is 1. The van der Waals surface area contributed by atoms with E-state index >= 15 is 0 Å². The summed E-state index contributed by atoms with van der Waals surface area (Å²) < 4.78 is 15.7. The predicted octanol–water partition coefficient (Wildman–Crippen LogP) is 5.00. The zero-order valence-corrected chi connectivity index (χ0v) is 25.8. The third kappa shape index (κ3) is 6.09. The molecule has 1 aliphatic carbocycles. The second-order valence-corrected chi connectivity index (χ2v) is 12.4. The van der Waals surface area contributed by atoms with Crippen LogP contribution in [0.15, 0.2) is 64.8 Å². The summed E-state index contributed by atoms with van der Waals surface area (Å²) in [5, 5.41) is 8.96. The van der Waals surface area contributed by atoms with Gasteiger partial charge in [0.1, 0.15) is 6.33 Å². The van der Waals surface area contributed by atoms with E-state index in [0.29, 0.717) is 24.5 Å². The van der Waals surface area contributed by atoms with Crippen LogP contribution in [0.2, 0.25) is 0 Å². The van der Waals surface area contributed by atoms with Crippen LogP contribution in [0, 0.1) is 0 Å². The molecule has 2 aromatic carbocycles. The summed E-state index contributed by atoms with van der Waals surface area (Å²) in [6, 6.07) is 16.4. The molecule has 0 spiro atoms. The molecule has 1 N–H and O–H groups in total. The van der Waals surface area contributed by atoms with E-state index in [4.69, 9.17) is 9.47 Å². The maximum Gasteiger partial charge on any atom is 0.259 e. The molecule has 1 saturated carbocycles. The number of nitrogens with zero attached hydrogens (tertiary/aromatic N) is 5. The monoisotopic (exact) mass is 608 g/mol. The highest BCUT2D eigenvalue weighted by atomic mass is 16.5. The molecular formula is C35H40N6O4. The molecular weight excluding hydrogens is 568 g/mol. The van der Waals surface area contributed by atoms with Crippen LogP contribution in [0.5, 0.6) is 0 Å². The van der Waals surface area contributed by atoms with Gasteiger partial charge in [0, 0.05) is 30.2 Å². The predicted molar refractivity (Wildman–Crippen MR) is 171 cm³/mol. The molecule has 1 saturated heterocycles. The number of hydrazone groups is 1. The minimum atomic E-state index is -0.119. The van der Waals surface area contributed by atoms with Crippen LogP contribution in [0.3, 0.4) is 0 Å². The normalized spacial score (nSPS) is 21.8. The average Bonchev–Trinajstić information content (AvgIpc) is 3.86. The van der Waals surface area contributed by atoms with E-state index in [1.165, 1.54) is 0 Å². The first-order valence-corrected chi connectivity index (χ1v) is 16.3. The Labute approximate surface area is 262 Å².